The molecular weight excluding hydrogens is 228 g/mol. The van der Waals surface area contributed by atoms with Crippen LogP contribution in [0.2, 0.25) is 0 Å². The quantitative estimate of drug-likeness (QED) is 0.749. The third-order valence-corrected chi connectivity index (χ3v) is 3.58. The molecule has 0 saturated carbocycles. The number of aromatic nitrogens is 2. The van der Waals surface area contributed by atoms with Crippen molar-refractivity contribution >= 4 is 5.78 Å². The smallest absolute Gasteiger partial charge is 0.170 e. The highest BCUT2D eigenvalue weighted by atomic mass is 16.5. The van der Waals surface area contributed by atoms with E-state index in [4.69, 9.17) is 4.74 Å². The van der Waals surface area contributed by atoms with E-state index in [2.05, 4.69) is 18.9 Å². The van der Waals surface area contributed by atoms with E-state index in [0.29, 0.717) is 25.3 Å². The summed E-state index contributed by atoms with van der Waals surface area (Å²) in [5.41, 5.74) is 0.166. The second-order valence-corrected chi connectivity index (χ2v) is 4.89. The van der Waals surface area contributed by atoms with Crippen LogP contribution in [0.25, 0.3) is 0 Å². The summed E-state index contributed by atoms with van der Waals surface area (Å²) in [6.45, 7) is 8.10. The summed E-state index contributed by atoms with van der Waals surface area (Å²) in [7, 11) is 1.61. The van der Waals surface area contributed by atoms with Gasteiger partial charge in [0, 0.05) is 19.3 Å². The SMILES string of the molecule is CCC(CC)(OC)C(=O)Cc1ccn(C(C)C)n1. The second-order valence-electron chi connectivity index (χ2n) is 4.89. The molecule has 4 nitrogen and oxygen atoms in total. The van der Waals surface area contributed by atoms with Crippen LogP contribution < -0.4 is 0 Å². The Bertz CT molecular complexity index is 384. The number of Topliss-reactive ketones (excluding diaryl/α,β-unsaturated/α-hetero) is 1. The zero-order chi connectivity index (χ0) is 13.8. The molecule has 0 N–H and O–H groups in total. The van der Waals surface area contributed by atoms with E-state index in [1.807, 2.05) is 30.8 Å². The Hall–Kier alpha value is -1.16. The van der Waals surface area contributed by atoms with Crippen molar-refractivity contribution in [3.05, 3.63) is 18.0 Å². The third kappa shape index (κ3) is 2.99. The minimum absolute atomic E-state index is 0.115. The summed E-state index contributed by atoms with van der Waals surface area (Å²) >= 11 is 0. The molecule has 0 unspecified atom stereocenters. The average molecular weight is 252 g/mol. The van der Waals surface area contributed by atoms with Crippen LogP contribution in [0.5, 0.6) is 0 Å². The summed E-state index contributed by atoms with van der Waals surface area (Å²) in [6.07, 6.45) is 3.66. The Morgan fingerprint density at radius 3 is 2.44 bits per heavy atom. The van der Waals surface area contributed by atoms with Gasteiger partial charge in [0.05, 0.1) is 12.1 Å². The van der Waals surface area contributed by atoms with Gasteiger partial charge < -0.3 is 4.74 Å². The van der Waals surface area contributed by atoms with Crippen LogP contribution >= 0.6 is 0 Å². The Kier molecular flexibility index (Phi) is 5.08. The molecule has 0 atom stereocenters. The van der Waals surface area contributed by atoms with Crippen molar-refractivity contribution in [3.8, 4) is 0 Å². The number of carbonyl (C=O) groups excluding carboxylic acids is 1. The van der Waals surface area contributed by atoms with Gasteiger partial charge in [-0.2, -0.15) is 5.10 Å². The molecule has 0 amide bonds. The highest BCUT2D eigenvalue weighted by Gasteiger charge is 2.34. The Morgan fingerprint density at radius 1 is 1.44 bits per heavy atom. The number of ether oxygens (including phenoxy) is 1. The van der Waals surface area contributed by atoms with Crippen molar-refractivity contribution in [2.45, 2.75) is 58.6 Å². The third-order valence-electron chi connectivity index (χ3n) is 3.58. The fourth-order valence-corrected chi connectivity index (χ4v) is 2.13. The molecule has 0 radical (unpaired) electrons. The Morgan fingerprint density at radius 2 is 2.06 bits per heavy atom. The molecule has 4 heteroatoms. The van der Waals surface area contributed by atoms with E-state index < -0.39 is 5.60 Å². The van der Waals surface area contributed by atoms with Gasteiger partial charge in [-0.1, -0.05) is 13.8 Å². The van der Waals surface area contributed by atoms with Gasteiger partial charge in [-0.05, 0) is 32.8 Å². The van der Waals surface area contributed by atoms with Crippen molar-refractivity contribution in [2.75, 3.05) is 7.11 Å². The summed E-state index contributed by atoms with van der Waals surface area (Å²) in [5, 5.41) is 4.41. The maximum Gasteiger partial charge on any atom is 0.170 e. The first kappa shape index (κ1) is 14.9. The first-order valence-electron chi connectivity index (χ1n) is 6.61. The zero-order valence-corrected chi connectivity index (χ0v) is 12.1. The number of nitrogens with zero attached hydrogens (tertiary/aromatic N) is 2. The van der Waals surface area contributed by atoms with Gasteiger partial charge in [0.1, 0.15) is 5.60 Å². The van der Waals surface area contributed by atoms with Gasteiger partial charge in [0.15, 0.2) is 5.78 Å². The van der Waals surface area contributed by atoms with Crippen molar-refractivity contribution in [1.82, 2.24) is 9.78 Å². The predicted molar refractivity (Wildman–Crippen MR) is 71.6 cm³/mol. The first-order valence-corrected chi connectivity index (χ1v) is 6.61. The van der Waals surface area contributed by atoms with Gasteiger partial charge in [0.25, 0.3) is 0 Å². The monoisotopic (exact) mass is 252 g/mol. The van der Waals surface area contributed by atoms with Crippen LogP contribution in [0.3, 0.4) is 0 Å². The normalized spacial score (nSPS) is 12.1. The highest BCUT2D eigenvalue weighted by Crippen LogP contribution is 2.22. The van der Waals surface area contributed by atoms with Crippen molar-refractivity contribution < 1.29 is 9.53 Å². The maximum atomic E-state index is 12.3. The highest BCUT2D eigenvalue weighted by molar-refractivity contribution is 5.88. The van der Waals surface area contributed by atoms with Crippen LogP contribution in [0.1, 0.15) is 52.3 Å². The van der Waals surface area contributed by atoms with E-state index in [0.717, 1.165) is 5.69 Å². The van der Waals surface area contributed by atoms with Gasteiger partial charge in [-0.25, -0.2) is 0 Å². The van der Waals surface area contributed by atoms with Crippen LogP contribution in [0, 0.1) is 0 Å². The minimum Gasteiger partial charge on any atom is -0.370 e. The van der Waals surface area contributed by atoms with Gasteiger partial charge in [0.2, 0.25) is 0 Å². The molecule has 1 heterocycles. The standard InChI is InChI=1S/C14H24N2O2/c1-6-14(7-2,18-5)13(17)10-12-8-9-16(15-12)11(3)4/h8-9,11H,6-7,10H2,1-5H3. The summed E-state index contributed by atoms with van der Waals surface area (Å²) < 4.78 is 7.31. The molecule has 1 rings (SSSR count). The molecule has 0 fully saturated rings. The predicted octanol–water partition coefficient (Wildman–Crippen LogP) is 2.78. The number of ketones is 1. The summed E-state index contributed by atoms with van der Waals surface area (Å²) in [5.74, 6) is 0.115. The zero-order valence-electron chi connectivity index (χ0n) is 12.1. The largest absolute Gasteiger partial charge is 0.370 e. The molecule has 1 aromatic rings. The fraction of sp³-hybridized carbons (Fsp3) is 0.714. The molecule has 0 aliphatic heterocycles. The van der Waals surface area contributed by atoms with Crippen LogP contribution in [-0.4, -0.2) is 28.3 Å². The van der Waals surface area contributed by atoms with Crippen molar-refractivity contribution in [3.63, 3.8) is 0 Å². The van der Waals surface area contributed by atoms with Crippen molar-refractivity contribution in [1.29, 1.82) is 0 Å². The molecule has 18 heavy (non-hydrogen) atoms. The maximum absolute atomic E-state index is 12.3. The van der Waals surface area contributed by atoms with Crippen LogP contribution in [0.15, 0.2) is 12.3 Å². The minimum atomic E-state index is -0.651. The van der Waals surface area contributed by atoms with Crippen molar-refractivity contribution in [2.24, 2.45) is 0 Å². The van der Waals surface area contributed by atoms with E-state index in [9.17, 15) is 4.79 Å². The molecule has 0 aliphatic rings. The van der Waals surface area contributed by atoms with Crippen LogP contribution in [-0.2, 0) is 16.0 Å². The van der Waals surface area contributed by atoms with E-state index >= 15 is 0 Å². The molecule has 1 aromatic heterocycles. The second kappa shape index (κ2) is 6.14. The number of rotatable bonds is 7. The first-order chi connectivity index (χ1) is 8.49. The lowest BCUT2D eigenvalue weighted by Crippen LogP contribution is -2.40. The number of hydrogen-bond acceptors (Lipinski definition) is 3. The summed E-state index contributed by atoms with van der Waals surface area (Å²) in [4.78, 5) is 12.3. The van der Waals surface area contributed by atoms with Crippen LogP contribution in [0.4, 0.5) is 0 Å². The molecule has 0 aromatic carbocycles. The number of methoxy groups -OCH3 is 1. The average Bonchev–Trinajstić information content (AvgIpc) is 2.81. The number of hydrogen-bond donors (Lipinski definition) is 0. The number of carbonyl (C=O) groups is 1. The molecule has 0 spiro atoms. The van der Waals surface area contributed by atoms with Gasteiger partial charge in [-0.3, -0.25) is 9.48 Å². The lowest BCUT2D eigenvalue weighted by atomic mass is 9.89. The van der Waals surface area contributed by atoms with Gasteiger partial charge in [-0.15, -0.1) is 0 Å². The molecule has 0 aliphatic carbocycles. The van der Waals surface area contributed by atoms with E-state index in [1.165, 1.54) is 0 Å². The Balaban J connectivity index is 2.79. The van der Waals surface area contributed by atoms with E-state index in [1.54, 1.807) is 7.11 Å². The Labute approximate surface area is 109 Å². The summed E-state index contributed by atoms with van der Waals surface area (Å²) in [6, 6.07) is 2.22. The van der Waals surface area contributed by atoms with Gasteiger partial charge >= 0.3 is 0 Å². The molecule has 0 saturated heterocycles. The topological polar surface area (TPSA) is 44.1 Å². The molecule has 0 bridgehead atoms. The molecular formula is C14H24N2O2. The van der Waals surface area contributed by atoms with E-state index in [-0.39, 0.29) is 5.78 Å². The molecule has 102 valence electrons. The fourth-order valence-electron chi connectivity index (χ4n) is 2.13. The lowest BCUT2D eigenvalue weighted by Gasteiger charge is -2.28. The lowest BCUT2D eigenvalue weighted by molar-refractivity contribution is -0.141.